The van der Waals surface area contributed by atoms with Crippen molar-refractivity contribution >= 4 is 30.0 Å². The number of thioether (sulfide) groups is 1. The maximum atomic E-state index is 4.45. The van der Waals surface area contributed by atoms with Gasteiger partial charge >= 0.3 is 0 Å². The summed E-state index contributed by atoms with van der Waals surface area (Å²) in [5.74, 6) is 0.915. The summed E-state index contributed by atoms with van der Waals surface area (Å²) >= 11 is 1.78. The van der Waals surface area contributed by atoms with Crippen LogP contribution >= 0.6 is 11.8 Å². The van der Waals surface area contributed by atoms with Crippen molar-refractivity contribution in [1.82, 2.24) is 10.4 Å². The highest BCUT2D eigenvalue weighted by Crippen LogP contribution is 2.10. The molecule has 0 aliphatic carbocycles. The summed E-state index contributed by atoms with van der Waals surface area (Å²) in [5.41, 5.74) is 2.44. The maximum absolute atomic E-state index is 4.45. The van der Waals surface area contributed by atoms with E-state index in [1.165, 1.54) is 10.7 Å². The Bertz CT molecular complexity index is 359. The van der Waals surface area contributed by atoms with Gasteiger partial charge in [0.2, 0.25) is 0 Å². The fourth-order valence-corrected chi connectivity index (χ4v) is 2.13. The Hall–Kier alpha value is -1.14. The van der Waals surface area contributed by atoms with Crippen molar-refractivity contribution in [2.24, 2.45) is 15.2 Å². The zero-order chi connectivity index (χ0) is 13.2. The number of hydrogen-bond donors (Lipinski definition) is 1. The van der Waals surface area contributed by atoms with Gasteiger partial charge in [-0.25, -0.2) is 4.99 Å². The number of nitrogens with zero attached hydrogens (tertiary/aromatic N) is 4. The first-order valence-electron chi connectivity index (χ1n) is 5.98. The quantitative estimate of drug-likeness (QED) is 0.452. The molecule has 6 heteroatoms. The van der Waals surface area contributed by atoms with Crippen molar-refractivity contribution in [3.05, 3.63) is 11.6 Å². The molecule has 0 saturated carbocycles. The lowest BCUT2D eigenvalue weighted by Gasteiger charge is -2.15. The fraction of sp³-hybridized carbons (Fsp3) is 0.583. The van der Waals surface area contributed by atoms with Crippen LogP contribution in [0, 0.1) is 0 Å². The Morgan fingerprint density at radius 1 is 1.56 bits per heavy atom. The Labute approximate surface area is 113 Å². The van der Waals surface area contributed by atoms with Crippen LogP contribution in [0.15, 0.2) is 26.8 Å². The molecule has 100 valence electrons. The molecule has 1 rings (SSSR count). The van der Waals surface area contributed by atoms with Gasteiger partial charge in [0, 0.05) is 25.6 Å². The normalized spacial score (nSPS) is 17.5. The summed E-state index contributed by atoms with van der Waals surface area (Å²) in [5, 5.41) is 12.9. The van der Waals surface area contributed by atoms with Crippen molar-refractivity contribution in [1.29, 1.82) is 0 Å². The molecule has 0 aromatic heterocycles. The van der Waals surface area contributed by atoms with E-state index in [4.69, 9.17) is 0 Å². The van der Waals surface area contributed by atoms with Gasteiger partial charge < -0.3 is 5.32 Å². The summed E-state index contributed by atoms with van der Waals surface area (Å²) in [6.07, 6.45) is 8.60. The van der Waals surface area contributed by atoms with E-state index in [1.54, 1.807) is 31.4 Å². The molecule has 0 atom stereocenters. The number of aliphatic imine (C=N–C) groups is 1. The van der Waals surface area contributed by atoms with Crippen LogP contribution in [0.4, 0.5) is 0 Å². The monoisotopic (exact) mass is 267 g/mol. The van der Waals surface area contributed by atoms with E-state index >= 15 is 0 Å². The third-order valence-electron chi connectivity index (χ3n) is 2.43. The standard InChI is InChI=1S/C12H21N5S/c1-4-15-17(2)16-10-14-12(9-18-3)11-5-7-13-8-6-11/h4-5,10,13H,6-9H2,1-3H3/b14-12?,15-4+,16-10-. The van der Waals surface area contributed by atoms with E-state index in [-0.39, 0.29) is 0 Å². The van der Waals surface area contributed by atoms with E-state index in [1.807, 2.05) is 6.92 Å². The number of rotatable bonds is 6. The zero-order valence-electron chi connectivity index (χ0n) is 11.3. The minimum Gasteiger partial charge on any atom is -0.313 e. The second-order valence-corrected chi connectivity index (χ2v) is 4.65. The number of nitrogens with one attached hydrogen (secondary N) is 1. The van der Waals surface area contributed by atoms with Gasteiger partial charge in [0.1, 0.15) is 6.34 Å². The van der Waals surface area contributed by atoms with Gasteiger partial charge in [0.25, 0.3) is 0 Å². The molecule has 0 aromatic rings. The Morgan fingerprint density at radius 2 is 2.39 bits per heavy atom. The molecule has 1 aliphatic heterocycles. The molecule has 0 bridgehead atoms. The minimum absolute atomic E-state index is 0.915. The molecule has 1 N–H and O–H groups in total. The summed E-state index contributed by atoms with van der Waals surface area (Å²) in [4.78, 5) is 4.45. The lowest BCUT2D eigenvalue weighted by Crippen LogP contribution is -2.24. The highest BCUT2D eigenvalue weighted by atomic mass is 32.2. The van der Waals surface area contributed by atoms with Crippen LogP contribution < -0.4 is 5.32 Å². The molecule has 1 aliphatic rings. The molecule has 0 saturated heterocycles. The highest BCUT2D eigenvalue weighted by molar-refractivity contribution is 7.99. The molecule has 0 fully saturated rings. The van der Waals surface area contributed by atoms with Crippen LogP contribution in [0.1, 0.15) is 13.3 Å². The van der Waals surface area contributed by atoms with Gasteiger partial charge in [-0.3, -0.25) is 0 Å². The van der Waals surface area contributed by atoms with Crippen molar-refractivity contribution in [3.8, 4) is 0 Å². The molecular formula is C12H21N5S. The van der Waals surface area contributed by atoms with Crippen molar-refractivity contribution in [2.75, 3.05) is 32.1 Å². The molecule has 1 heterocycles. The van der Waals surface area contributed by atoms with Crippen LogP contribution in [0.3, 0.4) is 0 Å². The van der Waals surface area contributed by atoms with E-state index in [2.05, 4.69) is 32.8 Å². The molecule has 0 amide bonds. The average molecular weight is 267 g/mol. The molecule has 0 aromatic carbocycles. The molecular weight excluding hydrogens is 246 g/mol. The first-order valence-corrected chi connectivity index (χ1v) is 7.37. The van der Waals surface area contributed by atoms with Crippen LogP contribution in [0.5, 0.6) is 0 Å². The molecule has 18 heavy (non-hydrogen) atoms. The van der Waals surface area contributed by atoms with Crippen LogP contribution in [-0.4, -0.2) is 55.5 Å². The van der Waals surface area contributed by atoms with Crippen LogP contribution in [0.25, 0.3) is 0 Å². The Morgan fingerprint density at radius 3 is 3.00 bits per heavy atom. The third kappa shape index (κ3) is 5.46. The summed E-state index contributed by atoms with van der Waals surface area (Å²) in [7, 11) is 1.78. The summed E-state index contributed by atoms with van der Waals surface area (Å²) < 4.78 is 0. The van der Waals surface area contributed by atoms with E-state index in [9.17, 15) is 0 Å². The van der Waals surface area contributed by atoms with Gasteiger partial charge in [-0.1, -0.05) is 6.08 Å². The number of hydrazone groups is 2. The largest absolute Gasteiger partial charge is 0.313 e. The average Bonchev–Trinajstić information content (AvgIpc) is 2.39. The second-order valence-electron chi connectivity index (χ2n) is 3.79. The topological polar surface area (TPSA) is 52.4 Å². The van der Waals surface area contributed by atoms with E-state index in [0.29, 0.717) is 0 Å². The molecule has 0 unspecified atom stereocenters. The van der Waals surface area contributed by atoms with Gasteiger partial charge in [-0.15, -0.1) is 5.10 Å². The SMILES string of the molecule is C/C=N/N(C)/N=C\N=C(CSC)C1=CCNCC1. The number of hydrogen-bond acceptors (Lipinski definition) is 5. The summed E-state index contributed by atoms with van der Waals surface area (Å²) in [6, 6.07) is 0. The van der Waals surface area contributed by atoms with Crippen LogP contribution in [-0.2, 0) is 0 Å². The third-order valence-corrected chi connectivity index (χ3v) is 2.99. The van der Waals surface area contributed by atoms with Crippen molar-refractivity contribution < 1.29 is 0 Å². The first kappa shape index (κ1) is 14.9. The lowest BCUT2D eigenvalue weighted by molar-refractivity contribution is 0.381. The first-order chi connectivity index (χ1) is 8.77. The molecule has 0 spiro atoms. The predicted molar refractivity (Wildman–Crippen MR) is 81.8 cm³/mol. The minimum atomic E-state index is 0.915. The summed E-state index contributed by atoms with van der Waals surface area (Å²) in [6.45, 7) is 3.81. The maximum Gasteiger partial charge on any atom is 0.137 e. The van der Waals surface area contributed by atoms with Gasteiger partial charge in [-0.05, 0) is 31.7 Å². The second kappa shape index (κ2) is 8.88. The molecule has 5 nitrogen and oxygen atoms in total. The predicted octanol–water partition coefficient (Wildman–Crippen LogP) is 1.59. The Balaban J connectivity index is 2.68. The van der Waals surface area contributed by atoms with Crippen molar-refractivity contribution in [3.63, 3.8) is 0 Å². The Kier molecular flexibility index (Phi) is 7.36. The van der Waals surface area contributed by atoms with Gasteiger partial charge in [0.15, 0.2) is 0 Å². The smallest absolute Gasteiger partial charge is 0.137 e. The van der Waals surface area contributed by atoms with Crippen LogP contribution in [0.2, 0.25) is 0 Å². The van der Waals surface area contributed by atoms with Gasteiger partial charge in [-0.2, -0.15) is 22.0 Å². The van der Waals surface area contributed by atoms with E-state index < -0.39 is 0 Å². The van der Waals surface area contributed by atoms with E-state index in [0.717, 1.165) is 31.0 Å². The molecule has 0 radical (unpaired) electrons. The lowest BCUT2D eigenvalue weighted by atomic mass is 10.1. The zero-order valence-corrected chi connectivity index (χ0v) is 12.1. The van der Waals surface area contributed by atoms with Gasteiger partial charge in [0.05, 0.1) is 5.71 Å². The highest BCUT2D eigenvalue weighted by Gasteiger charge is 2.08. The fourth-order valence-electron chi connectivity index (χ4n) is 1.60. The van der Waals surface area contributed by atoms with Crippen molar-refractivity contribution in [2.45, 2.75) is 13.3 Å².